The standard InChI is InChI=1S/C17H15Cl2N5O/c1-23-9-12(7-20-23)5-6-17(25)22-13-8-21-24(10-13)11-14-15(18)3-2-4-16(14)19/h2-10H,11H2,1H3,(H,22,25)/b6-5-. The summed E-state index contributed by atoms with van der Waals surface area (Å²) in [6.45, 7) is 0.417. The molecule has 0 unspecified atom stereocenters. The third-order valence-corrected chi connectivity index (χ3v) is 4.14. The van der Waals surface area contributed by atoms with Crippen molar-refractivity contribution < 1.29 is 4.79 Å². The van der Waals surface area contributed by atoms with Crippen LogP contribution in [0.4, 0.5) is 5.69 Å². The zero-order valence-electron chi connectivity index (χ0n) is 13.4. The second-order valence-electron chi connectivity index (χ2n) is 5.40. The molecule has 2 aromatic heterocycles. The van der Waals surface area contributed by atoms with E-state index in [2.05, 4.69) is 15.5 Å². The Labute approximate surface area is 154 Å². The SMILES string of the molecule is Cn1cc(/C=C\C(=O)Nc2cnn(Cc3c(Cl)cccc3Cl)c2)cn1. The molecule has 0 aliphatic carbocycles. The van der Waals surface area contributed by atoms with Crippen molar-refractivity contribution in [2.75, 3.05) is 5.32 Å². The van der Waals surface area contributed by atoms with Crippen molar-refractivity contribution >= 4 is 40.9 Å². The molecule has 1 aromatic carbocycles. The molecule has 1 N–H and O–H groups in total. The van der Waals surface area contributed by atoms with E-state index in [0.717, 1.165) is 11.1 Å². The molecule has 1 amide bonds. The zero-order chi connectivity index (χ0) is 17.8. The van der Waals surface area contributed by atoms with E-state index in [1.165, 1.54) is 6.08 Å². The monoisotopic (exact) mass is 375 g/mol. The number of aromatic nitrogens is 4. The van der Waals surface area contributed by atoms with E-state index >= 15 is 0 Å². The van der Waals surface area contributed by atoms with Crippen LogP contribution in [0.5, 0.6) is 0 Å². The first kappa shape index (κ1) is 17.3. The molecule has 0 saturated carbocycles. The van der Waals surface area contributed by atoms with Crippen LogP contribution in [0, 0.1) is 0 Å². The average molecular weight is 376 g/mol. The molecular formula is C17H15Cl2N5O. The largest absolute Gasteiger partial charge is 0.320 e. The maximum Gasteiger partial charge on any atom is 0.248 e. The summed E-state index contributed by atoms with van der Waals surface area (Å²) in [6, 6.07) is 5.34. The number of nitrogens with zero attached hydrogens (tertiary/aromatic N) is 4. The molecule has 0 radical (unpaired) electrons. The number of halogens is 2. The van der Waals surface area contributed by atoms with Crippen LogP contribution in [0.25, 0.3) is 6.08 Å². The third-order valence-electron chi connectivity index (χ3n) is 3.43. The first-order valence-electron chi connectivity index (χ1n) is 7.44. The summed E-state index contributed by atoms with van der Waals surface area (Å²) < 4.78 is 3.33. The van der Waals surface area contributed by atoms with Crippen LogP contribution in [0.3, 0.4) is 0 Å². The second-order valence-corrected chi connectivity index (χ2v) is 6.21. The van der Waals surface area contributed by atoms with Gasteiger partial charge in [0.25, 0.3) is 0 Å². The Morgan fingerprint density at radius 3 is 2.64 bits per heavy atom. The fourth-order valence-corrected chi connectivity index (χ4v) is 2.76. The van der Waals surface area contributed by atoms with Gasteiger partial charge in [-0.3, -0.25) is 14.2 Å². The topological polar surface area (TPSA) is 64.7 Å². The van der Waals surface area contributed by atoms with Crippen molar-refractivity contribution in [2.24, 2.45) is 7.05 Å². The van der Waals surface area contributed by atoms with Crippen molar-refractivity contribution in [1.82, 2.24) is 19.6 Å². The molecule has 0 aliphatic heterocycles. The molecule has 0 spiro atoms. The van der Waals surface area contributed by atoms with Gasteiger partial charge in [0, 0.05) is 46.7 Å². The molecule has 0 fully saturated rings. The fraction of sp³-hybridized carbons (Fsp3) is 0.118. The highest BCUT2D eigenvalue weighted by Gasteiger charge is 2.08. The molecule has 8 heteroatoms. The van der Waals surface area contributed by atoms with Crippen LogP contribution in [0.1, 0.15) is 11.1 Å². The molecule has 25 heavy (non-hydrogen) atoms. The second kappa shape index (κ2) is 7.55. The first-order chi connectivity index (χ1) is 12.0. The van der Waals surface area contributed by atoms with Gasteiger partial charge in [-0.05, 0) is 18.2 Å². The lowest BCUT2D eigenvalue weighted by molar-refractivity contribution is -0.111. The minimum Gasteiger partial charge on any atom is -0.320 e. The van der Waals surface area contributed by atoms with Gasteiger partial charge >= 0.3 is 0 Å². The summed E-state index contributed by atoms with van der Waals surface area (Å²) in [5.74, 6) is -0.251. The van der Waals surface area contributed by atoms with Gasteiger partial charge in [0.1, 0.15) is 0 Å². The minimum absolute atomic E-state index is 0.251. The van der Waals surface area contributed by atoms with E-state index in [-0.39, 0.29) is 5.91 Å². The molecule has 0 bridgehead atoms. The van der Waals surface area contributed by atoms with Gasteiger partial charge < -0.3 is 5.32 Å². The Morgan fingerprint density at radius 1 is 1.20 bits per heavy atom. The average Bonchev–Trinajstić information content (AvgIpc) is 3.18. The highest BCUT2D eigenvalue weighted by molar-refractivity contribution is 6.35. The van der Waals surface area contributed by atoms with Crippen molar-refractivity contribution in [3.63, 3.8) is 0 Å². The lowest BCUT2D eigenvalue weighted by Crippen LogP contribution is -2.07. The molecule has 128 valence electrons. The molecule has 0 aliphatic rings. The number of rotatable bonds is 5. The van der Waals surface area contributed by atoms with Gasteiger partial charge in [0.15, 0.2) is 0 Å². The van der Waals surface area contributed by atoms with E-state index in [4.69, 9.17) is 23.2 Å². The van der Waals surface area contributed by atoms with Crippen LogP contribution in [-0.4, -0.2) is 25.5 Å². The number of carbonyl (C=O) groups excluding carboxylic acids is 1. The van der Waals surface area contributed by atoms with E-state index in [0.29, 0.717) is 22.3 Å². The third kappa shape index (κ3) is 4.49. The Bertz CT molecular complexity index is 909. The predicted octanol–water partition coefficient (Wildman–Crippen LogP) is 3.62. The van der Waals surface area contributed by atoms with E-state index in [1.54, 1.807) is 52.2 Å². The van der Waals surface area contributed by atoms with Gasteiger partial charge in [-0.25, -0.2) is 0 Å². The maximum atomic E-state index is 12.0. The Kier molecular flexibility index (Phi) is 5.21. The quantitative estimate of drug-likeness (QED) is 0.692. The maximum absolute atomic E-state index is 12.0. The summed E-state index contributed by atoms with van der Waals surface area (Å²) >= 11 is 12.3. The van der Waals surface area contributed by atoms with Crippen molar-refractivity contribution in [2.45, 2.75) is 6.54 Å². The summed E-state index contributed by atoms with van der Waals surface area (Å²) in [7, 11) is 1.82. The van der Waals surface area contributed by atoms with Crippen LogP contribution in [0.2, 0.25) is 10.0 Å². The number of nitrogens with one attached hydrogen (secondary N) is 1. The number of carbonyl (C=O) groups is 1. The lowest BCUT2D eigenvalue weighted by atomic mass is 10.2. The lowest BCUT2D eigenvalue weighted by Gasteiger charge is -2.06. The Morgan fingerprint density at radius 2 is 1.96 bits per heavy atom. The Hall–Kier alpha value is -2.57. The molecule has 0 atom stereocenters. The first-order valence-corrected chi connectivity index (χ1v) is 8.20. The Balaban J connectivity index is 1.63. The number of aryl methyl sites for hydroxylation is 1. The normalized spacial score (nSPS) is 11.2. The van der Waals surface area contributed by atoms with E-state index in [1.807, 2.05) is 13.2 Å². The number of hydrogen-bond acceptors (Lipinski definition) is 3. The zero-order valence-corrected chi connectivity index (χ0v) is 14.9. The molecule has 0 saturated heterocycles. The van der Waals surface area contributed by atoms with Crippen LogP contribution < -0.4 is 5.32 Å². The summed E-state index contributed by atoms with van der Waals surface area (Å²) in [5, 5.41) is 12.2. The van der Waals surface area contributed by atoms with Crippen molar-refractivity contribution in [3.8, 4) is 0 Å². The number of amides is 1. The van der Waals surface area contributed by atoms with Gasteiger partial charge in [0.05, 0.1) is 24.6 Å². The molecular weight excluding hydrogens is 361 g/mol. The predicted molar refractivity (Wildman–Crippen MR) is 98.7 cm³/mol. The highest BCUT2D eigenvalue weighted by Crippen LogP contribution is 2.25. The van der Waals surface area contributed by atoms with Crippen LogP contribution in [0.15, 0.2) is 49.1 Å². The van der Waals surface area contributed by atoms with Gasteiger partial charge in [-0.1, -0.05) is 29.3 Å². The number of anilines is 1. The van der Waals surface area contributed by atoms with Gasteiger partial charge in [-0.2, -0.15) is 10.2 Å². The summed E-state index contributed by atoms with van der Waals surface area (Å²) in [4.78, 5) is 12.0. The van der Waals surface area contributed by atoms with Crippen LogP contribution in [-0.2, 0) is 18.4 Å². The number of benzene rings is 1. The van der Waals surface area contributed by atoms with Gasteiger partial charge in [-0.15, -0.1) is 0 Å². The smallest absolute Gasteiger partial charge is 0.248 e. The molecule has 6 nitrogen and oxygen atoms in total. The van der Waals surface area contributed by atoms with Gasteiger partial charge in [0.2, 0.25) is 5.91 Å². The van der Waals surface area contributed by atoms with E-state index < -0.39 is 0 Å². The summed E-state index contributed by atoms with van der Waals surface area (Å²) in [5.41, 5.74) is 2.22. The van der Waals surface area contributed by atoms with Crippen molar-refractivity contribution in [3.05, 3.63) is 70.2 Å². The summed E-state index contributed by atoms with van der Waals surface area (Å²) in [6.07, 6.45) is 9.91. The van der Waals surface area contributed by atoms with E-state index in [9.17, 15) is 4.79 Å². The van der Waals surface area contributed by atoms with Crippen LogP contribution >= 0.6 is 23.2 Å². The van der Waals surface area contributed by atoms with Crippen molar-refractivity contribution in [1.29, 1.82) is 0 Å². The minimum atomic E-state index is -0.251. The fourth-order valence-electron chi connectivity index (χ4n) is 2.24. The number of hydrogen-bond donors (Lipinski definition) is 1. The molecule has 2 heterocycles. The molecule has 3 aromatic rings. The highest BCUT2D eigenvalue weighted by atomic mass is 35.5. The molecule has 3 rings (SSSR count).